The smallest absolute Gasteiger partial charge is 0.346 e. The van der Waals surface area contributed by atoms with Crippen molar-refractivity contribution in [3.8, 4) is 0 Å². The third kappa shape index (κ3) is 3.30. The molecule has 0 aromatic heterocycles. The summed E-state index contributed by atoms with van der Waals surface area (Å²) >= 11 is 2.69. The van der Waals surface area contributed by atoms with E-state index < -0.39 is 10.3 Å². The number of Topliss-reactive ketones (excluding diaryl/α,β-unsaturated/α-hetero) is 1. The fourth-order valence-electron chi connectivity index (χ4n) is 3.45. The van der Waals surface area contributed by atoms with Gasteiger partial charge in [0.25, 0.3) is 0 Å². The summed E-state index contributed by atoms with van der Waals surface area (Å²) in [7, 11) is 1.37. The minimum atomic E-state index is -0.899. The topological polar surface area (TPSA) is 62.2 Å². The fourth-order valence-corrected chi connectivity index (χ4v) is 6.43. The van der Waals surface area contributed by atoms with Crippen LogP contribution >= 0.6 is 23.5 Å². The van der Waals surface area contributed by atoms with Crippen LogP contribution in [-0.4, -0.2) is 28.2 Å². The Morgan fingerprint density at radius 2 is 1.70 bits per heavy atom. The molecule has 0 N–H and O–H groups in total. The van der Waals surface area contributed by atoms with E-state index in [1.807, 2.05) is 73.5 Å². The quantitative estimate of drug-likeness (QED) is 0.639. The van der Waals surface area contributed by atoms with Crippen LogP contribution in [0.15, 0.2) is 70.3 Å². The Morgan fingerprint density at radius 3 is 2.33 bits per heavy atom. The lowest BCUT2D eigenvalue weighted by molar-refractivity contribution is -0.135. The zero-order chi connectivity index (χ0) is 21.5. The van der Waals surface area contributed by atoms with Gasteiger partial charge in [-0.2, -0.15) is 5.10 Å². The van der Waals surface area contributed by atoms with E-state index >= 15 is 0 Å². The maximum absolute atomic E-state index is 12.6. The van der Waals surface area contributed by atoms with Gasteiger partial charge < -0.3 is 9.64 Å². The van der Waals surface area contributed by atoms with Crippen LogP contribution < -0.4 is 9.91 Å². The maximum atomic E-state index is 12.6. The highest BCUT2D eigenvalue weighted by Crippen LogP contribution is 2.60. The highest BCUT2D eigenvalue weighted by atomic mass is 32.2. The monoisotopic (exact) mass is 439 g/mol. The molecular formula is C22H21N3O3S2. The molecule has 0 fully saturated rings. The van der Waals surface area contributed by atoms with Crippen molar-refractivity contribution in [2.75, 3.05) is 17.0 Å². The molecule has 8 heteroatoms. The van der Waals surface area contributed by atoms with Crippen molar-refractivity contribution in [3.63, 3.8) is 0 Å². The van der Waals surface area contributed by atoms with Gasteiger partial charge in [-0.1, -0.05) is 42.1 Å². The number of hydrogen-bond acceptors (Lipinski definition) is 8. The molecular weight excluding hydrogens is 418 g/mol. The number of esters is 1. The van der Waals surface area contributed by atoms with E-state index in [-0.39, 0.29) is 5.78 Å². The summed E-state index contributed by atoms with van der Waals surface area (Å²) in [6.07, 6.45) is 0. The number of hydrogen-bond donors (Lipinski definition) is 0. The molecule has 0 bridgehead atoms. The molecule has 1 spiro atoms. The number of aryl methyl sites for hydroxylation is 1. The van der Waals surface area contributed by atoms with Crippen LogP contribution in [0.5, 0.6) is 0 Å². The lowest BCUT2D eigenvalue weighted by Crippen LogP contribution is -2.49. The van der Waals surface area contributed by atoms with Gasteiger partial charge in [-0.15, -0.1) is 0 Å². The van der Waals surface area contributed by atoms with Crippen molar-refractivity contribution >= 4 is 51.7 Å². The van der Waals surface area contributed by atoms with Crippen LogP contribution in [0.2, 0.25) is 0 Å². The van der Waals surface area contributed by atoms with Crippen molar-refractivity contribution in [2.24, 2.45) is 5.10 Å². The number of thioether (sulfide) groups is 2. The van der Waals surface area contributed by atoms with Crippen molar-refractivity contribution in [1.29, 1.82) is 0 Å². The molecule has 0 saturated carbocycles. The largest absolute Gasteiger partial charge is 0.465 e. The number of para-hydroxylation sites is 1. The molecule has 6 nitrogen and oxygen atoms in total. The van der Waals surface area contributed by atoms with Crippen LogP contribution in [0.3, 0.4) is 0 Å². The number of anilines is 2. The van der Waals surface area contributed by atoms with E-state index in [1.54, 1.807) is 0 Å². The van der Waals surface area contributed by atoms with Crippen LogP contribution in [0.4, 0.5) is 11.4 Å². The SMILES string of the molecule is COC(=O)C1=C(C)N(c2ccccc2)[C@@]2(SC(C(C)=O)=NN2c2cccc(C)c2)S1. The molecule has 2 aromatic carbocycles. The minimum absolute atomic E-state index is 0.118. The number of rotatable bonds is 4. The average Bonchev–Trinajstić information content (AvgIpc) is 3.26. The average molecular weight is 440 g/mol. The van der Waals surface area contributed by atoms with E-state index in [9.17, 15) is 9.59 Å². The van der Waals surface area contributed by atoms with E-state index in [0.29, 0.717) is 9.95 Å². The van der Waals surface area contributed by atoms with Gasteiger partial charge in [0, 0.05) is 18.3 Å². The highest BCUT2D eigenvalue weighted by molar-refractivity contribution is 8.29. The summed E-state index contributed by atoms with van der Waals surface area (Å²) in [5, 5.41) is 6.91. The van der Waals surface area contributed by atoms with Gasteiger partial charge in [0.05, 0.1) is 12.8 Å². The first-order chi connectivity index (χ1) is 14.4. The lowest BCUT2D eigenvalue weighted by atomic mass is 10.2. The van der Waals surface area contributed by atoms with Gasteiger partial charge in [0.2, 0.25) is 4.33 Å². The number of ether oxygens (including phenoxy) is 1. The second kappa shape index (κ2) is 7.85. The van der Waals surface area contributed by atoms with Crippen LogP contribution in [0.25, 0.3) is 0 Å². The standard InChI is InChI=1S/C22H21N3O3S2/c1-14-9-8-12-18(13-14)25-22(30-20(23-25)16(3)26)24(17-10-6-5-7-11-17)15(2)19(29-22)21(27)28-4/h5-13H,1-4H3/t22-/m0/s1. The highest BCUT2D eigenvalue weighted by Gasteiger charge is 2.57. The first kappa shape index (κ1) is 20.6. The third-order valence-corrected chi connectivity index (χ3v) is 7.77. The normalized spacial score (nSPS) is 20.7. The summed E-state index contributed by atoms with van der Waals surface area (Å²) in [5.41, 5.74) is 3.56. The molecule has 4 rings (SSSR count). The summed E-state index contributed by atoms with van der Waals surface area (Å²) in [5.74, 6) is -0.524. The minimum Gasteiger partial charge on any atom is -0.465 e. The van der Waals surface area contributed by atoms with Crippen molar-refractivity contribution in [3.05, 3.63) is 70.8 Å². The Labute approximate surface area is 184 Å². The number of hydrazone groups is 1. The van der Waals surface area contributed by atoms with Gasteiger partial charge in [-0.3, -0.25) is 4.79 Å². The Morgan fingerprint density at radius 1 is 1.00 bits per heavy atom. The summed E-state index contributed by atoms with van der Waals surface area (Å²) in [4.78, 5) is 27.5. The summed E-state index contributed by atoms with van der Waals surface area (Å²) < 4.78 is 4.15. The molecule has 0 saturated heterocycles. The Hall–Kier alpha value is -2.71. The second-order valence-electron chi connectivity index (χ2n) is 6.94. The Balaban J connectivity index is 1.92. The molecule has 0 amide bonds. The molecule has 0 radical (unpaired) electrons. The zero-order valence-electron chi connectivity index (χ0n) is 17.1. The van der Waals surface area contributed by atoms with E-state index in [4.69, 9.17) is 4.74 Å². The van der Waals surface area contributed by atoms with Gasteiger partial charge in [-0.25, -0.2) is 9.80 Å². The third-order valence-electron chi connectivity index (χ3n) is 4.80. The van der Waals surface area contributed by atoms with Gasteiger partial charge in [-0.05, 0) is 55.4 Å². The number of nitrogens with zero attached hydrogens (tertiary/aromatic N) is 3. The number of methoxy groups -OCH3 is 1. The zero-order valence-corrected chi connectivity index (χ0v) is 18.7. The number of ketones is 1. The Kier molecular flexibility index (Phi) is 5.38. The van der Waals surface area contributed by atoms with Gasteiger partial charge in [0.1, 0.15) is 4.91 Å². The van der Waals surface area contributed by atoms with E-state index in [0.717, 1.165) is 22.6 Å². The van der Waals surface area contributed by atoms with Crippen LogP contribution in [-0.2, 0) is 14.3 Å². The molecule has 2 heterocycles. The van der Waals surface area contributed by atoms with E-state index in [2.05, 4.69) is 10.0 Å². The van der Waals surface area contributed by atoms with Gasteiger partial charge in [0.15, 0.2) is 10.8 Å². The first-order valence-electron chi connectivity index (χ1n) is 9.36. The number of benzene rings is 2. The number of carbonyl (C=O) groups is 2. The lowest BCUT2D eigenvalue weighted by Gasteiger charge is -2.41. The Bertz CT molecular complexity index is 1080. The van der Waals surface area contributed by atoms with E-state index in [1.165, 1.54) is 37.6 Å². The molecule has 2 aliphatic rings. The fraction of sp³-hybridized carbons (Fsp3) is 0.227. The number of allylic oxidation sites excluding steroid dienone is 1. The first-order valence-corrected chi connectivity index (χ1v) is 11.0. The van der Waals surface area contributed by atoms with Crippen molar-refractivity contribution < 1.29 is 14.3 Å². The molecule has 0 aliphatic carbocycles. The molecule has 1 atom stereocenters. The number of carbonyl (C=O) groups excluding carboxylic acids is 2. The van der Waals surface area contributed by atoms with Gasteiger partial charge >= 0.3 is 5.97 Å². The predicted molar refractivity (Wildman–Crippen MR) is 123 cm³/mol. The summed E-state index contributed by atoms with van der Waals surface area (Å²) in [6, 6.07) is 17.7. The molecule has 154 valence electrons. The molecule has 2 aliphatic heterocycles. The molecule has 2 aromatic rings. The second-order valence-corrected chi connectivity index (χ2v) is 9.54. The van der Waals surface area contributed by atoms with Crippen LogP contribution in [0, 0.1) is 6.92 Å². The molecule has 30 heavy (non-hydrogen) atoms. The van der Waals surface area contributed by atoms with Crippen molar-refractivity contribution in [1.82, 2.24) is 0 Å². The maximum Gasteiger partial charge on any atom is 0.346 e. The summed E-state index contributed by atoms with van der Waals surface area (Å²) in [6.45, 7) is 5.41. The molecule has 0 unspecified atom stereocenters. The van der Waals surface area contributed by atoms with Crippen molar-refractivity contribution in [2.45, 2.75) is 25.1 Å². The van der Waals surface area contributed by atoms with Crippen LogP contribution in [0.1, 0.15) is 19.4 Å². The predicted octanol–water partition coefficient (Wildman–Crippen LogP) is 4.72.